The van der Waals surface area contributed by atoms with Gasteiger partial charge in [-0.3, -0.25) is 4.79 Å². The Morgan fingerprint density at radius 2 is 2.00 bits per heavy atom. The van der Waals surface area contributed by atoms with Gasteiger partial charge in [0.15, 0.2) is 0 Å². The number of carboxylic acid groups (broad SMARTS) is 1. The predicted octanol–water partition coefficient (Wildman–Crippen LogP) is 1.32. The average molecular weight is 297 g/mol. The molecule has 0 aromatic carbocycles. The van der Waals surface area contributed by atoms with E-state index in [0.29, 0.717) is 19.5 Å². The van der Waals surface area contributed by atoms with Gasteiger partial charge in [0.05, 0.1) is 5.41 Å². The molecule has 0 bridgehead atoms. The third kappa shape index (κ3) is 3.48. The van der Waals surface area contributed by atoms with E-state index in [4.69, 9.17) is 0 Å². The van der Waals surface area contributed by atoms with Gasteiger partial charge in [0, 0.05) is 32.7 Å². The lowest BCUT2D eigenvalue weighted by Crippen LogP contribution is -2.55. The second-order valence-electron chi connectivity index (χ2n) is 6.84. The van der Waals surface area contributed by atoms with Gasteiger partial charge in [-0.2, -0.15) is 0 Å². The summed E-state index contributed by atoms with van der Waals surface area (Å²) in [7, 11) is 3.92. The van der Waals surface area contributed by atoms with Gasteiger partial charge in [-0.25, -0.2) is 4.79 Å². The van der Waals surface area contributed by atoms with Crippen molar-refractivity contribution >= 4 is 12.0 Å². The summed E-state index contributed by atoms with van der Waals surface area (Å²) in [6, 6.07) is 0.205. The van der Waals surface area contributed by atoms with E-state index in [2.05, 4.69) is 11.9 Å². The molecule has 1 N–H and O–H groups in total. The molecule has 0 radical (unpaired) electrons. The van der Waals surface area contributed by atoms with E-state index < -0.39 is 11.4 Å². The zero-order valence-electron chi connectivity index (χ0n) is 13.3. The van der Waals surface area contributed by atoms with E-state index in [9.17, 15) is 14.7 Å². The molecule has 6 heteroatoms. The maximum Gasteiger partial charge on any atom is 0.320 e. The van der Waals surface area contributed by atoms with Crippen LogP contribution in [0.25, 0.3) is 0 Å². The lowest BCUT2D eigenvalue weighted by atomic mass is 9.82. The van der Waals surface area contributed by atoms with Crippen LogP contribution in [0, 0.1) is 5.41 Å². The molecule has 0 spiro atoms. The van der Waals surface area contributed by atoms with Gasteiger partial charge in [-0.05, 0) is 46.2 Å². The van der Waals surface area contributed by atoms with Gasteiger partial charge in [0.2, 0.25) is 0 Å². The topological polar surface area (TPSA) is 64.1 Å². The second kappa shape index (κ2) is 6.22. The molecule has 2 aliphatic rings. The SMILES string of the molecule is CN1CCCC(N(C)C(=O)N2CCCC(C)(C(=O)O)C2)C1. The van der Waals surface area contributed by atoms with Crippen molar-refractivity contribution in [2.24, 2.45) is 5.41 Å². The first-order chi connectivity index (χ1) is 9.83. The Balaban J connectivity index is 2.00. The lowest BCUT2D eigenvalue weighted by Gasteiger charge is -2.42. The van der Waals surface area contributed by atoms with Crippen molar-refractivity contribution in [2.45, 2.75) is 38.6 Å². The Hall–Kier alpha value is -1.30. The molecule has 2 aliphatic heterocycles. The number of likely N-dealkylation sites (tertiary alicyclic amines) is 2. The zero-order valence-corrected chi connectivity index (χ0v) is 13.3. The molecule has 0 aromatic heterocycles. The lowest BCUT2D eigenvalue weighted by molar-refractivity contribution is -0.150. The average Bonchev–Trinajstić information content (AvgIpc) is 2.45. The standard InChI is InChI=1S/C15H27N3O3/c1-15(13(19)20)7-5-9-18(11-15)14(21)17(3)12-6-4-8-16(2)10-12/h12H,4-11H2,1-3H3,(H,19,20). The van der Waals surface area contributed by atoms with Crippen LogP contribution < -0.4 is 0 Å². The Morgan fingerprint density at radius 3 is 2.62 bits per heavy atom. The molecule has 2 amide bonds. The maximum atomic E-state index is 12.7. The fourth-order valence-corrected chi connectivity index (χ4v) is 3.41. The normalized spacial score (nSPS) is 31.0. The van der Waals surface area contributed by atoms with Crippen LogP contribution in [0.2, 0.25) is 0 Å². The fourth-order valence-electron chi connectivity index (χ4n) is 3.41. The molecular formula is C15H27N3O3. The number of likely N-dealkylation sites (N-methyl/N-ethyl adjacent to an activating group) is 2. The first kappa shape index (κ1) is 16.1. The van der Waals surface area contributed by atoms with Crippen molar-refractivity contribution in [3.63, 3.8) is 0 Å². The molecule has 120 valence electrons. The van der Waals surface area contributed by atoms with Gasteiger partial charge in [0.1, 0.15) is 0 Å². The third-order valence-electron chi connectivity index (χ3n) is 4.93. The molecule has 6 nitrogen and oxygen atoms in total. The van der Waals surface area contributed by atoms with Crippen LogP contribution in [-0.4, -0.2) is 78.1 Å². The summed E-state index contributed by atoms with van der Waals surface area (Å²) >= 11 is 0. The number of rotatable bonds is 2. The minimum atomic E-state index is -0.807. The van der Waals surface area contributed by atoms with Crippen LogP contribution >= 0.6 is 0 Å². The van der Waals surface area contributed by atoms with Crippen LogP contribution in [0.5, 0.6) is 0 Å². The Morgan fingerprint density at radius 1 is 1.29 bits per heavy atom. The summed E-state index contributed by atoms with van der Waals surface area (Å²) in [5.74, 6) is -0.806. The largest absolute Gasteiger partial charge is 0.481 e. The van der Waals surface area contributed by atoms with Gasteiger partial charge in [0.25, 0.3) is 0 Å². The number of carbonyl (C=O) groups is 2. The minimum Gasteiger partial charge on any atom is -0.481 e. The van der Waals surface area contributed by atoms with Crippen molar-refractivity contribution in [1.29, 1.82) is 0 Å². The molecule has 2 atom stereocenters. The highest BCUT2D eigenvalue weighted by molar-refractivity contribution is 5.78. The van der Waals surface area contributed by atoms with Crippen LogP contribution in [0.15, 0.2) is 0 Å². The maximum absolute atomic E-state index is 12.7. The van der Waals surface area contributed by atoms with E-state index in [1.165, 1.54) is 0 Å². The molecule has 0 aliphatic carbocycles. The summed E-state index contributed by atoms with van der Waals surface area (Å²) in [5, 5.41) is 9.36. The van der Waals surface area contributed by atoms with Crippen LogP contribution in [0.4, 0.5) is 4.79 Å². The van der Waals surface area contributed by atoms with Crippen molar-refractivity contribution in [3.05, 3.63) is 0 Å². The number of amides is 2. The number of nitrogens with zero attached hydrogens (tertiary/aromatic N) is 3. The summed E-state index contributed by atoms with van der Waals surface area (Å²) in [5.41, 5.74) is -0.807. The minimum absolute atomic E-state index is 0.0255. The van der Waals surface area contributed by atoms with Gasteiger partial charge in [-0.1, -0.05) is 0 Å². The molecular weight excluding hydrogens is 270 g/mol. The zero-order chi connectivity index (χ0) is 15.6. The number of carbonyl (C=O) groups excluding carboxylic acids is 1. The Labute approximate surface area is 126 Å². The number of piperidine rings is 2. The first-order valence-electron chi connectivity index (χ1n) is 7.77. The summed E-state index contributed by atoms with van der Waals surface area (Å²) in [6.45, 7) is 4.69. The molecule has 2 unspecified atom stereocenters. The molecule has 2 heterocycles. The molecule has 2 fully saturated rings. The highest BCUT2D eigenvalue weighted by Gasteiger charge is 2.40. The number of aliphatic carboxylic acids is 1. The van der Waals surface area contributed by atoms with E-state index in [1.54, 1.807) is 11.8 Å². The molecule has 21 heavy (non-hydrogen) atoms. The highest BCUT2D eigenvalue weighted by Crippen LogP contribution is 2.30. The van der Waals surface area contributed by atoms with Crippen molar-refractivity contribution in [1.82, 2.24) is 14.7 Å². The van der Waals surface area contributed by atoms with Gasteiger partial charge < -0.3 is 19.8 Å². The quantitative estimate of drug-likeness (QED) is 0.835. The first-order valence-corrected chi connectivity index (χ1v) is 7.77. The van der Waals surface area contributed by atoms with E-state index in [1.807, 2.05) is 11.9 Å². The third-order valence-corrected chi connectivity index (χ3v) is 4.93. The number of hydrogen-bond acceptors (Lipinski definition) is 3. The highest BCUT2D eigenvalue weighted by atomic mass is 16.4. The summed E-state index contributed by atoms with van der Waals surface area (Å²) in [6.07, 6.45) is 3.52. The van der Waals surface area contributed by atoms with E-state index >= 15 is 0 Å². The van der Waals surface area contributed by atoms with Crippen molar-refractivity contribution in [3.8, 4) is 0 Å². The van der Waals surface area contributed by atoms with Crippen molar-refractivity contribution < 1.29 is 14.7 Å². The smallest absolute Gasteiger partial charge is 0.320 e. The number of urea groups is 1. The van der Waals surface area contributed by atoms with Gasteiger partial charge in [-0.15, -0.1) is 0 Å². The number of carboxylic acids is 1. The second-order valence-corrected chi connectivity index (χ2v) is 6.84. The molecule has 0 saturated carbocycles. The van der Waals surface area contributed by atoms with E-state index in [0.717, 1.165) is 32.4 Å². The summed E-state index contributed by atoms with van der Waals surface area (Å²) < 4.78 is 0. The monoisotopic (exact) mass is 297 g/mol. The van der Waals surface area contributed by atoms with E-state index in [-0.39, 0.29) is 12.1 Å². The van der Waals surface area contributed by atoms with Crippen LogP contribution in [-0.2, 0) is 4.79 Å². The fraction of sp³-hybridized carbons (Fsp3) is 0.867. The molecule has 0 aromatic rings. The molecule has 2 rings (SSSR count). The Kier molecular flexibility index (Phi) is 4.76. The van der Waals surface area contributed by atoms with Crippen LogP contribution in [0.3, 0.4) is 0 Å². The van der Waals surface area contributed by atoms with Gasteiger partial charge >= 0.3 is 12.0 Å². The van der Waals surface area contributed by atoms with Crippen molar-refractivity contribution in [2.75, 3.05) is 40.3 Å². The number of hydrogen-bond donors (Lipinski definition) is 1. The predicted molar refractivity (Wildman–Crippen MR) is 80.2 cm³/mol. The summed E-state index contributed by atoms with van der Waals surface area (Å²) in [4.78, 5) is 29.8. The molecule has 2 saturated heterocycles. The Bertz CT molecular complexity index is 415. The van der Waals surface area contributed by atoms with Crippen LogP contribution in [0.1, 0.15) is 32.6 Å².